The van der Waals surface area contributed by atoms with E-state index in [1.54, 1.807) is 4.90 Å². The molecule has 4 N–H and O–H groups in total. The molecule has 12 heteroatoms. The Hall–Kier alpha value is -3.44. The second-order valence-electron chi connectivity index (χ2n) is 9.77. The molecule has 2 amide bonds. The zero-order chi connectivity index (χ0) is 26.5. The van der Waals surface area contributed by atoms with Crippen LogP contribution in [0.4, 0.5) is 8.78 Å². The van der Waals surface area contributed by atoms with Gasteiger partial charge in [-0.1, -0.05) is 11.6 Å². The molecule has 0 radical (unpaired) electrons. The van der Waals surface area contributed by atoms with Crippen LogP contribution in [0.1, 0.15) is 54.2 Å². The lowest BCUT2D eigenvalue weighted by Crippen LogP contribution is -2.51. The number of carbonyl (C=O) groups is 2. The fraction of sp³-hybridized carbons (Fsp3) is 0.400. The number of nitrogens with two attached hydrogens (primary N) is 1. The van der Waals surface area contributed by atoms with Crippen LogP contribution in [-0.4, -0.2) is 54.1 Å². The summed E-state index contributed by atoms with van der Waals surface area (Å²) < 4.78 is 27.9. The maximum atomic E-state index is 14.5. The summed E-state index contributed by atoms with van der Waals surface area (Å²) in [5.74, 6) is -2.39. The van der Waals surface area contributed by atoms with E-state index in [-0.39, 0.29) is 45.4 Å². The van der Waals surface area contributed by atoms with E-state index in [0.717, 1.165) is 12.4 Å². The molecular formula is C25H25ClF2N6O3. The van der Waals surface area contributed by atoms with E-state index < -0.39 is 29.2 Å². The minimum atomic E-state index is -0.898. The fourth-order valence-corrected chi connectivity index (χ4v) is 5.56. The van der Waals surface area contributed by atoms with E-state index in [1.165, 1.54) is 25.1 Å². The lowest BCUT2D eigenvalue weighted by Gasteiger charge is -2.40. The number of hydrogen-bond acceptors (Lipinski definition) is 6. The van der Waals surface area contributed by atoms with Gasteiger partial charge >= 0.3 is 0 Å². The highest BCUT2D eigenvalue weighted by Crippen LogP contribution is 2.57. The van der Waals surface area contributed by atoms with Gasteiger partial charge in [-0.3, -0.25) is 24.7 Å². The molecular weight excluding hydrogens is 506 g/mol. The molecule has 3 unspecified atom stereocenters. The van der Waals surface area contributed by atoms with E-state index in [1.807, 2.05) is 0 Å². The first-order valence-electron chi connectivity index (χ1n) is 11.9. The number of H-pyrrole nitrogens is 1. The minimum Gasteiger partial charge on any atom is -0.387 e. The number of aliphatic hydroxyl groups is 1. The molecule has 37 heavy (non-hydrogen) atoms. The number of rotatable bonds is 6. The minimum absolute atomic E-state index is 0.0567. The summed E-state index contributed by atoms with van der Waals surface area (Å²) >= 11 is 6.18. The number of piperidine rings is 1. The van der Waals surface area contributed by atoms with Gasteiger partial charge < -0.3 is 15.7 Å². The second-order valence-corrected chi connectivity index (χ2v) is 10.2. The first kappa shape index (κ1) is 25.2. The Balaban J connectivity index is 1.42. The summed E-state index contributed by atoms with van der Waals surface area (Å²) in [6.07, 6.45) is 3.03. The Morgan fingerprint density at radius 1 is 1.27 bits per heavy atom. The van der Waals surface area contributed by atoms with Crippen LogP contribution in [-0.2, 0) is 11.2 Å². The van der Waals surface area contributed by atoms with E-state index >= 15 is 0 Å². The van der Waals surface area contributed by atoms with Crippen LogP contribution in [0.2, 0.25) is 5.02 Å². The molecule has 0 bridgehead atoms. The Morgan fingerprint density at radius 3 is 2.76 bits per heavy atom. The third kappa shape index (κ3) is 4.69. The van der Waals surface area contributed by atoms with Crippen molar-refractivity contribution in [3.8, 4) is 11.3 Å². The molecule has 0 aromatic carbocycles. The fourth-order valence-electron chi connectivity index (χ4n) is 5.33. The number of aromatic nitrogens is 4. The van der Waals surface area contributed by atoms with Crippen molar-refractivity contribution >= 4 is 23.4 Å². The molecule has 1 aliphatic carbocycles. The number of aromatic amines is 1. The number of nitrogens with zero attached hydrogens (tertiary/aromatic N) is 4. The number of hydrogen-bond donors (Lipinski definition) is 3. The van der Waals surface area contributed by atoms with Gasteiger partial charge in [-0.2, -0.15) is 5.10 Å². The van der Waals surface area contributed by atoms with Gasteiger partial charge in [-0.05, 0) is 56.7 Å². The van der Waals surface area contributed by atoms with E-state index in [9.17, 15) is 23.5 Å². The molecule has 4 heterocycles. The van der Waals surface area contributed by atoms with Gasteiger partial charge in [-0.15, -0.1) is 0 Å². The molecule has 1 aliphatic heterocycles. The third-order valence-corrected chi connectivity index (χ3v) is 7.73. The lowest BCUT2D eigenvalue weighted by atomic mass is 9.86. The highest BCUT2D eigenvalue weighted by molar-refractivity contribution is 6.31. The first-order valence-corrected chi connectivity index (χ1v) is 12.3. The number of likely N-dealkylation sites (tertiary alicyclic amines) is 1. The van der Waals surface area contributed by atoms with E-state index in [2.05, 4.69) is 20.2 Å². The van der Waals surface area contributed by atoms with Crippen LogP contribution in [0.15, 0.2) is 30.6 Å². The monoisotopic (exact) mass is 530 g/mol. The molecule has 194 valence electrons. The molecule has 3 aromatic rings. The van der Waals surface area contributed by atoms with Gasteiger partial charge in [-0.25, -0.2) is 8.78 Å². The summed E-state index contributed by atoms with van der Waals surface area (Å²) in [7, 11) is 0. The summed E-state index contributed by atoms with van der Waals surface area (Å²) in [4.78, 5) is 35.3. The van der Waals surface area contributed by atoms with Gasteiger partial charge in [0.2, 0.25) is 5.91 Å². The lowest BCUT2D eigenvalue weighted by molar-refractivity contribution is -0.124. The molecule has 1 saturated heterocycles. The molecule has 2 aliphatic rings. The topological polar surface area (TPSA) is 138 Å². The molecule has 1 saturated carbocycles. The quantitative estimate of drug-likeness (QED) is 0.447. The van der Waals surface area contributed by atoms with Crippen molar-refractivity contribution in [1.29, 1.82) is 0 Å². The Morgan fingerprint density at radius 2 is 2.05 bits per heavy atom. The normalized spacial score (nSPS) is 23.8. The van der Waals surface area contributed by atoms with Gasteiger partial charge in [0.05, 0.1) is 40.6 Å². The van der Waals surface area contributed by atoms with Crippen molar-refractivity contribution in [2.75, 3.05) is 6.54 Å². The summed E-state index contributed by atoms with van der Waals surface area (Å²) in [6, 6.07) is 4.05. The SMILES string of the molecule is C[C@H](O)c1cc(-c2cc(C(=O)N3CCC(C(N)=O)CC34CC4Cc3ncc(F)cc3Cl)n[nH]2)c(F)cn1. The smallest absolute Gasteiger partial charge is 0.274 e. The van der Waals surface area contributed by atoms with E-state index in [4.69, 9.17) is 17.3 Å². The highest BCUT2D eigenvalue weighted by atomic mass is 35.5. The molecule has 3 aromatic heterocycles. The van der Waals surface area contributed by atoms with Crippen molar-refractivity contribution in [1.82, 2.24) is 25.1 Å². The molecule has 1 spiro atoms. The number of nitrogens with one attached hydrogen (secondary N) is 1. The number of carbonyl (C=O) groups excluding carboxylic acids is 2. The number of halogens is 3. The third-order valence-electron chi connectivity index (χ3n) is 7.40. The zero-order valence-electron chi connectivity index (χ0n) is 19.9. The maximum absolute atomic E-state index is 14.5. The average molecular weight is 531 g/mol. The van der Waals surface area contributed by atoms with Crippen molar-refractivity contribution in [2.24, 2.45) is 17.6 Å². The predicted octanol–water partition coefficient (Wildman–Crippen LogP) is 3.19. The van der Waals surface area contributed by atoms with Crippen LogP contribution in [0.3, 0.4) is 0 Å². The van der Waals surface area contributed by atoms with Crippen molar-refractivity contribution < 1.29 is 23.5 Å². The van der Waals surface area contributed by atoms with Gasteiger partial charge in [0.25, 0.3) is 5.91 Å². The predicted molar refractivity (Wildman–Crippen MR) is 129 cm³/mol. The maximum Gasteiger partial charge on any atom is 0.274 e. The van der Waals surface area contributed by atoms with Gasteiger partial charge in [0.15, 0.2) is 11.5 Å². The standard InChI is InChI=1S/C25H25ClF2N6O3/c1-12(35)19-6-16(18(28)11-31-19)20-7-22(33-32-20)24(37)34-3-2-13(23(29)36)8-25(34)9-14(25)4-21-17(26)5-15(27)10-30-21/h5-7,10-14,35H,2-4,8-9H2,1H3,(H2,29,36)(H,32,33)/t12-,13?,14?,25?/m0/s1. The van der Waals surface area contributed by atoms with Crippen LogP contribution < -0.4 is 5.73 Å². The highest BCUT2D eigenvalue weighted by Gasteiger charge is 2.62. The number of primary amides is 1. The molecule has 2 fully saturated rings. The zero-order valence-corrected chi connectivity index (χ0v) is 20.7. The first-order chi connectivity index (χ1) is 17.6. The van der Waals surface area contributed by atoms with Crippen molar-refractivity contribution in [3.63, 3.8) is 0 Å². The van der Waals surface area contributed by atoms with Crippen LogP contribution in [0.5, 0.6) is 0 Å². The molecule has 9 nitrogen and oxygen atoms in total. The number of pyridine rings is 2. The second kappa shape index (κ2) is 9.46. The average Bonchev–Trinajstić information content (AvgIpc) is 3.28. The van der Waals surface area contributed by atoms with Gasteiger partial charge in [0, 0.05) is 23.6 Å². The van der Waals surface area contributed by atoms with E-state index in [0.29, 0.717) is 37.9 Å². The summed E-state index contributed by atoms with van der Waals surface area (Å²) in [6.45, 7) is 1.81. The Bertz CT molecular complexity index is 1380. The largest absolute Gasteiger partial charge is 0.387 e. The van der Waals surface area contributed by atoms with Crippen molar-refractivity contribution in [2.45, 2.75) is 44.2 Å². The Kier molecular flexibility index (Phi) is 6.45. The molecule has 4 atom stereocenters. The molecule has 5 rings (SSSR count). The van der Waals surface area contributed by atoms with Crippen LogP contribution in [0, 0.1) is 23.5 Å². The number of aliphatic hydroxyl groups excluding tert-OH is 1. The summed E-state index contributed by atoms with van der Waals surface area (Å²) in [5, 5.41) is 16.8. The van der Waals surface area contributed by atoms with Gasteiger partial charge in [0.1, 0.15) is 5.82 Å². The van der Waals surface area contributed by atoms with Crippen molar-refractivity contribution in [3.05, 3.63) is 64.3 Å². The Labute approximate surface area is 216 Å². The van der Waals surface area contributed by atoms with Crippen LogP contribution >= 0.6 is 11.6 Å². The van der Waals surface area contributed by atoms with Crippen LogP contribution in [0.25, 0.3) is 11.3 Å². The number of amides is 2. The summed E-state index contributed by atoms with van der Waals surface area (Å²) in [5.41, 5.74) is 6.24.